The summed E-state index contributed by atoms with van der Waals surface area (Å²) < 4.78 is 0.877. The first-order valence-corrected chi connectivity index (χ1v) is 4.60. The lowest BCUT2D eigenvalue weighted by atomic mass is 10.2. The van der Waals surface area contributed by atoms with Crippen LogP contribution < -0.4 is 0 Å². The van der Waals surface area contributed by atoms with E-state index in [-0.39, 0.29) is 0 Å². The molecule has 0 saturated carbocycles. The van der Waals surface area contributed by atoms with Crippen LogP contribution in [0.15, 0.2) is 34.8 Å². The minimum atomic E-state index is -1.45. The van der Waals surface area contributed by atoms with Crippen molar-refractivity contribution in [2.24, 2.45) is 0 Å². The monoisotopic (exact) mass is 254 g/mol. The molecule has 14 heavy (non-hydrogen) atoms. The van der Waals surface area contributed by atoms with Crippen LogP contribution in [-0.4, -0.2) is 16.9 Å². The van der Waals surface area contributed by atoms with Gasteiger partial charge < -0.3 is 5.11 Å². The Balaban J connectivity index is 2.79. The van der Waals surface area contributed by atoms with Crippen LogP contribution in [0.3, 0.4) is 0 Å². The third-order valence-corrected chi connectivity index (χ3v) is 1.98. The minimum absolute atomic E-state index is 0.772. The molecule has 0 aliphatic heterocycles. The van der Waals surface area contributed by atoms with Gasteiger partial charge >= 0.3 is 5.97 Å². The molecule has 0 aromatic heterocycles. The Morgan fingerprint density at radius 2 is 2.07 bits per heavy atom. The lowest BCUT2D eigenvalue weighted by Crippen LogP contribution is -2.08. The zero-order chi connectivity index (χ0) is 10.6. The zero-order valence-corrected chi connectivity index (χ0v) is 8.69. The molecule has 0 atom stereocenters. The number of hydrogen-bond donors (Lipinski definition) is 1. The molecule has 0 spiro atoms. The van der Waals surface area contributed by atoms with E-state index in [0.717, 1.165) is 16.1 Å². The number of carbonyl (C=O) groups excluding carboxylic acids is 1. The maximum absolute atomic E-state index is 10.7. The molecule has 0 heterocycles. The quantitative estimate of drug-likeness (QED) is 0.664. The molecule has 3 nitrogen and oxygen atoms in total. The van der Waals surface area contributed by atoms with Crippen LogP contribution in [0.5, 0.6) is 0 Å². The van der Waals surface area contributed by atoms with Gasteiger partial charge in [0.25, 0.3) is 5.78 Å². The first-order valence-electron chi connectivity index (χ1n) is 3.80. The highest BCUT2D eigenvalue weighted by atomic mass is 79.9. The number of rotatable bonds is 3. The molecule has 0 aliphatic carbocycles. The second kappa shape index (κ2) is 4.72. The third-order valence-electron chi connectivity index (χ3n) is 1.49. The van der Waals surface area contributed by atoms with Crippen molar-refractivity contribution in [2.75, 3.05) is 0 Å². The number of aliphatic carboxylic acids is 1. The molecule has 0 bridgehead atoms. The number of hydrogen-bond acceptors (Lipinski definition) is 2. The fourth-order valence-corrected chi connectivity index (χ4v) is 1.27. The van der Waals surface area contributed by atoms with E-state index in [9.17, 15) is 9.59 Å². The second-order valence-electron chi connectivity index (χ2n) is 2.56. The van der Waals surface area contributed by atoms with Crippen molar-refractivity contribution in [3.05, 3.63) is 40.4 Å². The molecule has 0 unspecified atom stereocenters. The van der Waals surface area contributed by atoms with Gasteiger partial charge in [0.2, 0.25) is 0 Å². The molecule has 0 fully saturated rings. The number of benzene rings is 1. The lowest BCUT2D eigenvalue weighted by Gasteiger charge is -1.92. The maximum Gasteiger partial charge on any atom is 0.376 e. The predicted octanol–water partition coefficient (Wildman–Crippen LogP) is 2.12. The van der Waals surface area contributed by atoms with Crippen molar-refractivity contribution in [3.8, 4) is 0 Å². The highest BCUT2D eigenvalue weighted by Gasteiger charge is 2.05. The van der Waals surface area contributed by atoms with E-state index < -0.39 is 11.8 Å². The molecule has 1 aromatic carbocycles. The van der Waals surface area contributed by atoms with Crippen molar-refractivity contribution in [1.82, 2.24) is 0 Å². The zero-order valence-electron chi connectivity index (χ0n) is 7.11. The van der Waals surface area contributed by atoms with Crippen molar-refractivity contribution in [3.63, 3.8) is 0 Å². The van der Waals surface area contributed by atoms with Crippen LogP contribution in [0.1, 0.15) is 5.56 Å². The van der Waals surface area contributed by atoms with E-state index in [1.807, 2.05) is 6.07 Å². The number of halogens is 1. The Morgan fingerprint density at radius 1 is 1.36 bits per heavy atom. The molecule has 0 aliphatic rings. The Morgan fingerprint density at radius 3 is 2.64 bits per heavy atom. The highest BCUT2D eigenvalue weighted by Crippen LogP contribution is 2.12. The van der Waals surface area contributed by atoms with Crippen molar-refractivity contribution >= 4 is 33.8 Å². The summed E-state index contributed by atoms with van der Waals surface area (Å²) in [5.74, 6) is -2.37. The first-order chi connectivity index (χ1) is 6.59. The van der Waals surface area contributed by atoms with Gasteiger partial charge in [-0.1, -0.05) is 34.1 Å². The molecule has 1 aromatic rings. The highest BCUT2D eigenvalue weighted by molar-refractivity contribution is 9.10. The summed E-state index contributed by atoms with van der Waals surface area (Å²) in [4.78, 5) is 20.9. The Bertz CT molecular complexity index is 396. The topological polar surface area (TPSA) is 54.4 Å². The predicted molar refractivity (Wildman–Crippen MR) is 55.8 cm³/mol. The molecular weight excluding hydrogens is 248 g/mol. The van der Waals surface area contributed by atoms with E-state index in [0.29, 0.717) is 0 Å². The third kappa shape index (κ3) is 3.14. The molecule has 72 valence electrons. The van der Waals surface area contributed by atoms with Crippen LogP contribution in [0, 0.1) is 0 Å². The van der Waals surface area contributed by atoms with Gasteiger partial charge in [0.05, 0.1) is 0 Å². The van der Waals surface area contributed by atoms with E-state index in [2.05, 4.69) is 15.9 Å². The molecule has 1 N–H and O–H groups in total. The number of ketones is 1. The van der Waals surface area contributed by atoms with E-state index in [1.165, 1.54) is 6.08 Å². The van der Waals surface area contributed by atoms with Gasteiger partial charge in [0.15, 0.2) is 0 Å². The van der Waals surface area contributed by atoms with Crippen LogP contribution in [0.4, 0.5) is 0 Å². The molecule has 0 saturated heterocycles. The molecule has 0 amide bonds. The SMILES string of the molecule is O=C(O)C(=O)C=Cc1cccc(Br)c1. The van der Waals surface area contributed by atoms with Gasteiger partial charge in [-0.05, 0) is 23.8 Å². The van der Waals surface area contributed by atoms with Crippen LogP contribution >= 0.6 is 15.9 Å². The normalized spacial score (nSPS) is 10.4. The Labute approximate surface area is 89.2 Å². The fraction of sp³-hybridized carbons (Fsp3) is 0. The van der Waals surface area contributed by atoms with Crippen molar-refractivity contribution in [2.45, 2.75) is 0 Å². The summed E-state index contributed by atoms with van der Waals surface area (Å²) in [5, 5.41) is 8.30. The van der Waals surface area contributed by atoms with E-state index in [4.69, 9.17) is 5.11 Å². The van der Waals surface area contributed by atoms with E-state index >= 15 is 0 Å². The second-order valence-corrected chi connectivity index (χ2v) is 3.47. The van der Waals surface area contributed by atoms with Crippen molar-refractivity contribution < 1.29 is 14.7 Å². The van der Waals surface area contributed by atoms with Crippen LogP contribution in [-0.2, 0) is 9.59 Å². The van der Waals surface area contributed by atoms with Gasteiger partial charge in [0.1, 0.15) is 0 Å². The van der Waals surface area contributed by atoms with Gasteiger partial charge in [-0.15, -0.1) is 0 Å². The smallest absolute Gasteiger partial charge is 0.376 e. The average molecular weight is 255 g/mol. The summed E-state index contributed by atoms with van der Waals surface area (Å²) >= 11 is 3.26. The fourth-order valence-electron chi connectivity index (χ4n) is 0.853. The number of carboxylic acid groups (broad SMARTS) is 1. The standard InChI is InChI=1S/C10H7BrO3/c11-8-3-1-2-7(6-8)4-5-9(12)10(13)14/h1-6H,(H,13,14). The average Bonchev–Trinajstić information content (AvgIpc) is 2.14. The van der Waals surface area contributed by atoms with Gasteiger partial charge in [0, 0.05) is 4.47 Å². The molecule has 0 radical (unpaired) electrons. The molecular formula is C10H7BrO3. The minimum Gasteiger partial charge on any atom is -0.475 e. The number of carbonyl (C=O) groups is 2. The first kappa shape index (κ1) is 10.7. The summed E-state index contributed by atoms with van der Waals surface area (Å²) in [5.41, 5.74) is 0.772. The molecule has 4 heteroatoms. The van der Waals surface area contributed by atoms with Crippen LogP contribution in [0.25, 0.3) is 6.08 Å². The summed E-state index contributed by atoms with van der Waals surface area (Å²) in [6.45, 7) is 0. The lowest BCUT2D eigenvalue weighted by molar-refractivity contribution is -0.146. The Kier molecular flexibility index (Phi) is 3.59. The van der Waals surface area contributed by atoms with Gasteiger partial charge in [-0.2, -0.15) is 0 Å². The molecule has 1 rings (SSSR count). The Hall–Kier alpha value is -1.42. The summed E-state index contributed by atoms with van der Waals surface area (Å²) in [6.07, 6.45) is 2.49. The maximum atomic E-state index is 10.7. The summed E-state index contributed by atoms with van der Waals surface area (Å²) in [7, 11) is 0. The largest absolute Gasteiger partial charge is 0.475 e. The van der Waals surface area contributed by atoms with E-state index in [1.54, 1.807) is 18.2 Å². The van der Waals surface area contributed by atoms with Crippen molar-refractivity contribution in [1.29, 1.82) is 0 Å². The van der Waals surface area contributed by atoms with Gasteiger partial charge in [-0.3, -0.25) is 4.79 Å². The van der Waals surface area contributed by atoms with Gasteiger partial charge in [-0.25, -0.2) is 4.79 Å². The number of carboxylic acids is 1. The van der Waals surface area contributed by atoms with Crippen LogP contribution in [0.2, 0.25) is 0 Å². The summed E-state index contributed by atoms with van der Waals surface area (Å²) in [6, 6.07) is 7.20.